The molecule has 0 radical (unpaired) electrons. The SMILES string of the molecule is CCOc1cccc2c1OC(c1cccc(OC)c1OC)N1NC(c3cccc(OC)c3)=CC21. The lowest BCUT2D eigenvalue weighted by Gasteiger charge is -2.39. The molecule has 7 nitrogen and oxygen atoms in total. The molecule has 0 aliphatic carbocycles. The van der Waals surface area contributed by atoms with Crippen LogP contribution in [0.15, 0.2) is 66.7 Å². The summed E-state index contributed by atoms with van der Waals surface area (Å²) in [5.41, 5.74) is 7.42. The molecular weight excluding hydrogens is 432 g/mol. The van der Waals surface area contributed by atoms with Gasteiger partial charge in [0, 0.05) is 11.1 Å². The Morgan fingerprint density at radius 1 is 0.882 bits per heavy atom. The number of hydrogen-bond donors (Lipinski definition) is 1. The molecular formula is C27H28N2O5. The fourth-order valence-corrected chi connectivity index (χ4v) is 4.53. The quantitative estimate of drug-likeness (QED) is 0.526. The zero-order chi connectivity index (χ0) is 23.7. The highest BCUT2D eigenvalue weighted by Crippen LogP contribution is 2.51. The molecule has 7 heteroatoms. The van der Waals surface area contributed by atoms with Gasteiger partial charge < -0.3 is 29.1 Å². The number of fused-ring (bicyclic) bond motifs is 3. The normalized spacial score (nSPS) is 18.6. The Bertz CT molecular complexity index is 1230. The molecule has 176 valence electrons. The number of hydrazine groups is 1. The minimum atomic E-state index is -0.497. The molecule has 2 aliphatic heterocycles. The van der Waals surface area contributed by atoms with E-state index in [2.05, 4.69) is 28.6 Å². The van der Waals surface area contributed by atoms with Gasteiger partial charge in [-0.05, 0) is 43.3 Å². The first-order valence-corrected chi connectivity index (χ1v) is 11.2. The average molecular weight is 461 g/mol. The summed E-state index contributed by atoms with van der Waals surface area (Å²) in [6.45, 7) is 2.51. The summed E-state index contributed by atoms with van der Waals surface area (Å²) in [4.78, 5) is 0. The van der Waals surface area contributed by atoms with E-state index in [9.17, 15) is 0 Å². The molecule has 0 saturated carbocycles. The summed E-state index contributed by atoms with van der Waals surface area (Å²) in [5, 5.41) is 2.09. The molecule has 2 unspecified atom stereocenters. The molecule has 0 amide bonds. The Morgan fingerprint density at radius 3 is 2.38 bits per heavy atom. The van der Waals surface area contributed by atoms with Gasteiger partial charge in [0.1, 0.15) is 5.75 Å². The predicted octanol–water partition coefficient (Wildman–Crippen LogP) is 5.10. The van der Waals surface area contributed by atoms with Gasteiger partial charge in [0.25, 0.3) is 0 Å². The molecule has 5 rings (SSSR count). The molecule has 3 aromatic carbocycles. The largest absolute Gasteiger partial charge is 0.497 e. The van der Waals surface area contributed by atoms with Crippen LogP contribution in [0.1, 0.15) is 35.9 Å². The van der Waals surface area contributed by atoms with Crippen LogP contribution in [-0.4, -0.2) is 32.9 Å². The van der Waals surface area contributed by atoms with Gasteiger partial charge in [0.05, 0.1) is 45.2 Å². The monoisotopic (exact) mass is 460 g/mol. The van der Waals surface area contributed by atoms with Crippen molar-refractivity contribution in [3.63, 3.8) is 0 Å². The second-order valence-corrected chi connectivity index (χ2v) is 7.94. The third-order valence-electron chi connectivity index (χ3n) is 6.06. The third kappa shape index (κ3) is 3.68. The topological polar surface area (TPSA) is 61.4 Å². The van der Waals surface area contributed by atoms with Gasteiger partial charge in [-0.2, -0.15) is 5.01 Å². The molecule has 3 aromatic rings. The van der Waals surface area contributed by atoms with E-state index in [4.69, 9.17) is 23.7 Å². The van der Waals surface area contributed by atoms with Crippen molar-refractivity contribution in [3.8, 4) is 28.7 Å². The molecule has 2 heterocycles. The van der Waals surface area contributed by atoms with E-state index in [0.29, 0.717) is 18.1 Å². The molecule has 0 saturated heterocycles. The van der Waals surface area contributed by atoms with Gasteiger partial charge in [0.2, 0.25) is 0 Å². The molecule has 0 bridgehead atoms. The van der Waals surface area contributed by atoms with E-state index in [-0.39, 0.29) is 6.04 Å². The molecule has 1 N–H and O–H groups in total. The van der Waals surface area contributed by atoms with Crippen LogP contribution in [0.2, 0.25) is 0 Å². The van der Waals surface area contributed by atoms with Crippen molar-refractivity contribution in [1.82, 2.24) is 10.4 Å². The smallest absolute Gasteiger partial charge is 0.199 e. The van der Waals surface area contributed by atoms with E-state index in [1.54, 1.807) is 21.3 Å². The number of hydrogen-bond acceptors (Lipinski definition) is 7. The van der Waals surface area contributed by atoms with Crippen molar-refractivity contribution in [3.05, 3.63) is 83.4 Å². The summed E-state index contributed by atoms with van der Waals surface area (Å²) >= 11 is 0. The maximum Gasteiger partial charge on any atom is 0.199 e. The van der Waals surface area contributed by atoms with Gasteiger partial charge in [-0.3, -0.25) is 0 Å². The molecule has 2 aliphatic rings. The van der Waals surface area contributed by atoms with E-state index in [1.165, 1.54) is 0 Å². The summed E-state index contributed by atoms with van der Waals surface area (Å²) in [6, 6.07) is 19.7. The van der Waals surface area contributed by atoms with E-state index < -0.39 is 6.23 Å². The Morgan fingerprint density at radius 2 is 1.65 bits per heavy atom. The standard InChI is InChI=1S/C27H28N2O5/c1-5-33-24-14-7-11-19-22-16-21(17-9-6-10-18(15-17)30-2)28-29(22)27(34-26(19)24)20-12-8-13-23(31-3)25(20)32-4/h6-16,22,27-28H,5H2,1-4H3. The summed E-state index contributed by atoms with van der Waals surface area (Å²) in [5.74, 6) is 3.51. The minimum absolute atomic E-state index is 0.0914. The highest BCUT2D eigenvalue weighted by molar-refractivity contribution is 5.69. The van der Waals surface area contributed by atoms with Gasteiger partial charge in [-0.25, -0.2) is 0 Å². The zero-order valence-electron chi connectivity index (χ0n) is 19.7. The fourth-order valence-electron chi connectivity index (χ4n) is 4.53. The van der Waals surface area contributed by atoms with E-state index in [1.807, 2.05) is 55.5 Å². The molecule has 2 atom stereocenters. The highest BCUT2D eigenvalue weighted by atomic mass is 16.5. The van der Waals surface area contributed by atoms with Crippen molar-refractivity contribution in [2.45, 2.75) is 19.2 Å². The van der Waals surface area contributed by atoms with Crippen molar-refractivity contribution >= 4 is 5.70 Å². The van der Waals surface area contributed by atoms with Crippen LogP contribution in [0.5, 0.6) is 28.7 Å². The van der Waals surface area contributed by atoms with Crippen LogP contribution in [0.25, 0.3) is 5.70 Å². The van der Waals surface area contributed by atoms with Crippen LogP contribution in [0, 0.1) is 0 Å². The first-order valence-electron chi connectivity index (χ1n) is 11.2. The first kappa shape index (κ1) is 22.0. The van der Waals surface area contributed by atoms with E-state index in [0.717, 1.165) is 39.6 Å². The maximum absolute atomic E-state index is 6.63. The van der Waals surface area contributed by atoms with Crippen molar-refractivity contribution < 1.29 is 23.7 Å². The number of benzene rings is 3. The highest BCUT2D eigenvalue weighted by Gasteiger charge is 2.42. The Balaban J connectivity index is 1.64. The molecule has 0 fully saturated rings. The maximum atomic E-state index is 6.63. The lowest BCUT2D eigenvalue weighted by atomic mass is 9.99. The number of rotatable bonds is 7. The number of para-hydroxylation sites is 2. The van der Waals surface area contributed by atoms with Crippen LogP contribution in [0.4, 0.5) is 0 Å². The number of methoxy groups -OCH3 is 3. The first-order chi connectivity index (χ1) is 16.7. The molecule has 0 spiro atoms. The molecule has 0 aromatic heterocycles. The van der Waals surface area contributed by atoms with Crippen LogP contribution < -0.4 is 29.1 Å². The van der Waals surface area contributed by atoms with Gasteiger partial charge in [-0.15, -0.1) is 0 Å². The number of nitrogens with zero attached hydrogens (tertiary/aromatic N) is 1. The second-order valence-electron chi connectivity index (χ2n) is 7.94. The summed E-state index contributed by atoms with van der Waals surface area (Å²) < 4.78 is 29.3. The zero-order valence-corrected chi connectivity index (χ0v) is 19.7. The van der Waals surface area contributed by atoms with E-state index >= 15 is 0 Å². The van der Waals surface area contributed by atoms with Crippen molar-refractivity contribution in [1.29, 1.82) is 0 Å². The Labute approximate surface area is 199 Å². The van der Waals surface area contributed by atoms with Gasteiger partial charge >= 0.3 is 0 Å². The Hall–Kier alpha value is -3.84. The third-order valence-corrected chi connectivity index (χ3v) is 6.06. The fraction of sp³-hybridized carbons (Fsp3) is 0.259. The summed E-state index contributed by atoms with van der Waals surface area (Å²) in [7, 11) is 4.94. The lowest BCUT2D eigenvalue weighted by Crippen LogP contribution is -2.43. The van der Waals surface area contributed by atoms with Crippen LogP contribution in [-0.2, 0) is 0 Å². The summed E-state index contributed by atoms with van der Waals surface area (Å²) in [6.07, 6.45) is 1.70. The van der Waals surface area contributed by atoms with Gasteiger partial charge in [-0.1, -0.05) is 30.3 Å². The van der Waals surface area contributed by atoms with Crippen LogP contribution >= 0.6 is 0 Å². The van der Waals surface area contributed by atoms with Crippen molar-refractivity contribution in [2.24, 2.45) is 0 Å². The lowest BCUT2D eigenvalue weighted by molar-refractivity contribution is -0.0359. The Kier molecular flexibility index (Phi) is 5.94. The predicted molar refractivity (Wildman–Crippen MR) is 129 cm³/mol. The number of nitrogens with one attached hydrogen (secondary N) is 1. The van der Waals surface area contributed by atoms with Crippen molar-refractivity contribution in [2.75, 3.05) is 27.9 Å². The second kappa shape index (κ2) is 9.19. The molecule has 34 heavy (non-hydrogen) atoms. The van der Waals surface area contributed by atoms with Crippen LogP contribution in [0.3, 0.4) is 0 Å². The minimum Gasteiger partial charge on any atom is -0.497 e. The number of ether oxygens (including phenoxy) is 5. The van der Waals surface area contributed by atoms with Gasteiger partial charge in [0.15, 0.2) is 29.2 Å². The average Bonchev–Trinajstić information content (AvgIpc) is 3.34.